The van der Waals surface area contributed by atoms with E-state index in [0.717, 1.165) is 25.4 Å². The summed E-state index contributed by atoms with van der Waals surface area (Å²) in [5, 5.41) is 3.18. The second-order valence-electron chi connectivity index (χ2n) is 4.15. The number of nitrogens with zero attached hydrogens (tertiary/aromatic N) is 1. The van der Waals surface area contributed by atoms with Gasteiger partial charge in [-0.3, -0.25) is 0 Å². The molecule has 0 aliphatic carbocycles. The summed E-state index contributed by atoms with van der Waals surface area (Å²) in [6.45, 7) is 3.39. The highest BCUT2D eigenvalue weighted by molar-refractivity contribution is 5.43. The third kappa shape index (κ3) is 3.18. The summed E-state index contributed by atoms with van der Waals surface area (Å²) in [7, 11) is 2.08. The normalized spacial score (nSPS) is 22.0. The van der Waals surface area contributed by atoms with E-state index in [0.29, 0.717) is 6.54 Å². The molecule has 1 saturated heterocycles. The Balaban J connectivity index is 1.82. The first-order valence-corrected chi connectivity index (χ1v) is 5.53. The molecule has 1 fully saturated rings. The number of likely N-dealkylation sites (N-methyl/N-ethyl adjacent to an activating group) is 1. The summed E-state index contributed by atoms with van der Waals surface area (Å²) >= 11 is 0. The van der Waals surface area contributed by atoms with Crippen molar-refractivity contribution in [2.24, 2.45) is 0 Å². The lowest BCUT2D eigenvalue weighted by Gasteiger charge is -2.30. The largest absolute Gasteiger partial charge is 0.382 e. The fourth-order valence-electron chi connectivity index (χ4n) is 1.82. The number of rotatable bonds is 3. The summed E-state index contributed by atoms with van der Waals surface area (Å²) in [5.41, 5.74) is 0.803. The van der Waals surface area contributed by atoms with E-state index in [1.165, 1.54) is 12.1 Å². The Bertz CT molecular complexity index is 346. The molecule has 1 aliphatic rings. The van der Waals surface area contributed by atoms with Crippen molar-refractivity contribution >= 4 is 5.69 Å². The number of hydrogen-bond donors (Lipinski definition) is 1. The fourth-order valence-corrected chi connectivity index (χ4v) is 1.82. The number of morpholine rings is 1. The van der Waals surface area contributed by atoms with Gasteiger partial charge in [0.05, 0.1) is 12.7 Å². The van der Waals surface area contributed by atoms with Crippen molar-refractivity contribution in [2.75, 3.05) is 38.6 Å². The molecule has 1 N–H and O–H groups in total. The van der Waals surface area contributed by atoms with E-state index in [4.69, 9.17) is 4.74 Å². The maximum absolute atomic E-state index is 12.9. The Morgan fingerprint density at radius 1 is 1.56 bits per heavy atom. The van der Waals surface area contributed by atoms with Crippen LogP contribution < -0.4 is 5.32 Å². The van der Waals surface area contributed by atoms with Crippen LogP contribution in [-0.2, 0) is 4.74 Å². The van der Waals surface area contributed by atoms with E-state index < -0.39 is 0 Å². The second-order valence-corrected chi connectivity index (χ2v) is 4.15. The number of anilines is 1. The molecule has 88 valence electrons. The number of benzene rings is 1. The number of ether oxygens (including phenoxy) is 1. The van der Waals surface area contributed by atoms with Crippen molar-refractivity contribution < 1.29 is 9.13 Å². The van der Waals surface area contributed by atoms with E-state index in [1.54, 1.807) is 6.07 Å². The molecular weight excluding hydrogens is 207 g/mol. The van der Waals surface area contributed by atoms with Gasteiger partial charge in [-0.05, 0) is 25.2 Å². The van der Waals surface area contributed by atoms with Crippen LogP contribution in [0.15, 0.2) is 24.3 Å². The predicted octanol–water partition coefficient (Wildman–Crippen LogP) is 1.57. The molecule has 0 radical (unpaired) electrons. The van der Waals surface area contributed by atoms with Crippen LogP contribution in [0.1, 0.15) is 0 Å². The van der Waals surface area contributed by atoms with Gasteiger partial charge in [0.25, 0.3) is 0 Å². The highest BCUT2D eigenvalue weighted by Crippen LogP contribution is 2.10. The molecule has 16 heavy (non-hydrogen) atoms. The van der Waals surface area contributed by atoms with Gasteiger partial charge in [0.2, 0.25) is 0 Å². The van der Waals surface area contributed by atoms with E-state index >= 15 is 0 Å². The highest BCUT2D eigenvalue weighted by Gasteiger charge is 2.16. The number of hydrogen-bond acceptors (Lipinski definition) is 3. The summed E-state index contributed by atoms with van der Waals surface area (Å²) in [5.74, 6) is -0.216. The maximum Gasteiger partial charge on any atom is 0.125 e. The molecule has 3 nitrogen and oxygen atoms in total. The first-order valence-electron chi connectivity index (χ1n) is 5.53. The van der Waals surface area contributed by atoms with Gasteiger partial charge in [-0.2, -0.15) is 0 Å². The van der Waals surface area contributed by atoms with Gasteiger partial charge in [-0.15, -0.1) is 0 Å². The second kappa shape index (κ2) is 5.27. The molecule has 1 atom stereocenters. The maximum atomic E-state index is 12.9. The monoisotopic (exact) mass is 224 g/mol. The van der Waals surface area contributed by atoms with Crippen molar-refractivity contribution in [2.45, 2.75) is 6.10 Å². The smallest absolute Gasteiger partial charge is 0.125 e. The Morgan fingerprint density at radius 2 is 2.44 bits per heavy atom. The Kier molecular flexibility index (Phi) is 3.74. The van der Waals surface area contributed by atoms with Crippen LogP contribution in [0.3, 0.4) is 0 Å². The van der Waals surface area contributed by atoms with Crippen molar-refractivity contribution in [3.8, 4) is 0 Å². The van der Waals surface area contributed by atoms with Gasteiger partial charge in [0.1, 0.15) is 5.82 Å². The average Bonchev–Trinajstić information content (AvgIpc) is 2.27. The predicted molar refractivity (Wildman–Crippen MR) is 62.1 cm³/mol. The van der Waals surface area contributed by atoms with Crippen LogP contribution in [0.4, 0.5) is 10.1 Å². The lowest BCUT2D eigenvalue weighted by atomic mass is 10.2. The summed E-state index contributed by atoms with van der Waals surface area (Å²) < 4.78 is 18.5. The zero-order valence-electron chi connectivity index (χ0n) is 9.45. The van der Waals surface area contributed by atoms with Gasteiger partial charge in [-0.25, -0.2) is 4.39 Å². The quantitative estimate of drug-likeness (QED) is 0.843. The average molecular weight is 224 g/mol. The minimum atomic E-state index is -0.216. The molecule has 4 heteroatoms. The van der Waals surface area contributed by atoms with Crippen molar-refractivity contribution in [3.05, 3.63) is 30.1 Å². The zero-order chi connectivity index (χ0) is 11.4. The third-order valence-corrected chi connectivity index (χ3v) is 2.70. The minimum Gasteiger partial charge on any atom is -0.382 e. The van der Waals surface area contributed by atoms with Crippen LogP contribution >= 0.6 is 0 Å². The molecule has 0 amide bonds. The van der Waals surface area contributed by atoms with Gasteiger partial charge in [0.15, 0.2) is 0 Å². The van der Waals surface area contributed by atoms with Crippen LogP contribution in [-0.4, -0.2) is 44.3 Å². The number of halogens is 1. The van der Waals surface area contributed by atoms with Gasteiger partial charge >= 0.3 is 0 Å². The van der Waals surface area contributed by atoms with E-state index in [9.17, 15) is 4.39 Å². The number of nitrogens with one attached hydrogen (secondary N) is 1. The van der Waals surface area contributed by atoms with Crippen molar-refractivity contribution in [1.82, 2.24) is 4.90 Å². The van der Waals surface area contributed by atoms with Crippen LogP contribution in [0.2, 0.25) is 0 Å². The Hall–Kier alpha value is -1.13. The molecule has 0 spiro atoms. The van der Waals surface area contributed by atoms with Crippen LogP contribution in [0, 0.1) is 5.82 Å². The summed E-state index contributed by atoms with van der Waals surface area (Å²) in [6, 6.07) is 6.49. The third-order valence-electron chi connectivity index (χ3n) is 2.70. The molecule has 1 unspecified atom stereocenters. The summed E-state index contributed by atoms with van der Waals surface area (Å²) in [6.07, 6.45) is 0.182. The minimum absolute atomic E-state index is 0.182. The lowest BCUT2D eigenvalue weighted by Crippen LogP contribution is -2.43. The topological polar surface area (TPSA) is 24.5 Å². The van der Waals surface area contributed by atoms with Crippen LogP contribution in [0.5, 0.6) is 0 Å². The molecule has 0 bridgehead atoms. The molecule has 1 aliphatic heterocycles. The molecular formula is C12H17FN2O. The van der Waals surface area contributed by atoms with Gasteiger partial charge in [-0.1, -0.05) is 6.07 Å². The van der Waals surface area contributed by atoms with Crippen LogP contribution in [0.25, 0.3) is 0 Å². The Labute approximate surface area is 95.2 Å². The molecule has 1 aromatic carbocycles. The standard InChI is InChI=1S/C12H17FN2O/c1-15-5-6-16-12(9-15)8-14-11-4-2-3-10(13)7-11/h2-4,7,12,14H,5-6,8-9H2,1H3. The first kappa shape index (κ1) is 11.4. The van der Waals surface area contributed by atoms with E-state index in [1.807, 2.05) is 6.07 Å². The van der Waals surface area contributed by atoms with Crippen molar-refractivity contribution in [3.63, 3.8) is 0 Å². The lowest BCUT2D eigenvalue weighted by molar-refractivity contribution is -0.0117. The van der Waals surface area contributed by atoms with E-state index in [-0.39, 0.29) is 11.9 Å². The molecule has 1 heterocycles. The highest BCUT2D eigenvalue weighted by atomic mass is 19.1. The summed E-state index contributed by atoms with van der Waals surface area (Å²) in [4.78, 5) is 2.24. The molecule has 0 aromatic heterocycles. The molecule has 2 rings (SSSR count). The molecule has 1 aromatic rings. The first-order chi connectivity index (χ1) is 7.74. The van der Waals surface area contributed by atoms with Gasteiger partial charge < -0.3 is 15.0 Å². The fraction of sp³-hybridized carbons (Fsp3) is 0.500. The van der Waals surface area contributed by atoms with E-state index in [2.05, 4.69) is 17.3 Å². The van der Waals surface area contributed by atoms with Gasteiger partial charge in [0, 0.05) is 25.3 Å². The zero-order valence-corrected chi connectivity index (χ0v) is 9.45. The Morgan fingerprint density at radius 3 is 3.19 bits per heavy atom. The van der Waals surface area contributed by atoms with Crippen molar-refractivity contribution in [1.29, 1.82) is 0 Å². The molecule has 0 saturated carbocycles. The SMILES string of the molecule is CN1CCOC(CNc2cccc(F)c2)C1.